The second kappa shape index (κ2) is 5.16. The molecule has 0 aromatic carbocycles. The second-order valence-electron chi connectivity index (χ2n) is 4.38. The van der Waals surface area contributed by atoms with E-state index < -0.39 is 6.04 Å². The molecule has 0 spiro atoms. The van der Waals surface area contributed by atoms with Crippen molar-refractivity contribution in [3.63, 3.8) is 0 Å². The SMILES string of the molecule is CCCn1ncnc1CN1CC(=O)NC(C)C1=O. The number of piperazine rings is 1. The first-order valence-corrected chi connectivity index (χ1v) is 6.06. The predicted octanol–water partition coefficient (Wildman–Crippen LogP) is -0.465. The van der Waals surface area contributed by atoms with E-state index in [-0.39, 0.29) is 18.4 Å². The van der Waals surface area contributed by atoms with Gasteiger partial charge in [-0.15, -0.1) is 0 Å². The molecule has 1 saturated heterocycles. The maximum absolute atomic E-state index is 11.9. The van der Waals surface area contributed by atoms with Gasteiger partial charge in [-0.25, -0.2) is 9.67 Å². The van der Waals surface area contributed by atoms with Crippen molar-refractivity contribution in [2.24, 2.45) is 0 Å². The number of rotatable bonds is 4. The molecule has 7 heteroatoms. The number of carbonyl (C=O) groups is 2. The highest BCUT2D eigenvalue weighted by atomic mass is 16.2. The molecule has 1 aliphatic heterocycles. The van der Waals surface area contributed by atoms with Crippen LogP contribution in [-0.2, 0) is 22.7 Å². The van der Waals surface area contributed by atoms with Crippen molar-refractivity contribution in [2.45, 2.75) is 39.4 Å². The average molecular weight is 251 g/mol. The fourth-order valence-electron chi connectivity index (χ4n) is 1.99. The van der Waals surface area contributed by atoms with Crippen molar-refractivity contribution in [3.05, 3.63) is 12.2 Å². The van der Waals surface area contributed by atoms with Crippen LogP contribution in [0.1, 0.15) is 26.1 Å². The van der Waals surface area contributed by atoms with Gasteiger partial charge in [0.25, 0.3) is 0 Å². The zero-order chi connectivity index (χ0) is 13.1. The molecule has 1 N–H and O–H groups in total. The summed E-state index contributed by atoms with van der Waals surface area (Å²) < 4.78 is 1.77. The average Bonchev–Trinajstić information content (AvgIpc) is 2.73. The Morgan fingerprint density at radius 2 is 2.28 bits per heavy atom. The summed E-state index contributed by atoms with van der Waals surface area (Å²) in [5.74, 6) is 0.497. The first-order chi connectivity index (χ1) is 8.61. The van der Waals surface area contributed by atoms with E-state index >= 15 is 0 Å². The molecule has 0 radical (unpaired) electrons. The minimum atomic E-state index is -0.464. The lowest BCUT2D eigenvalue weighted by Gasteiger charge is -2.30. The van der Waals surface area contributed by atoms with Crippen molar-refractivity contribution in [3.8, 4) is 0 Å². The molecule has 1 fully saturated rings. The molecule has 2 rings (SSSR count). The number of amides is 2. The lowest BCUT2D eigenvalue weighted by Crippen LogP contribution is -2.56. The van der Waals surface area contributed by atoms with E-state index in [1.165, 1.54) is 11.2 Å². The summed E-state index contributed by atoms with van der Waals surface area (Å²) in [4.78, 5) is 29.0. The van der Waals surface area contributed by atoms with E-state index in [4.69, 9.17) is 0 Å². The van der Waals surface area contributed by atoms with Crippen molar-refractivity contribution in [1.29, 1.82) is 0 Å². The van der Waals surface area contributed by atoms with E-state index in [1.54, 1.807) is 11.6 Å². The van der Waals surface area contributed by atoms with Crippen molar-refractivity contribution in [1.82, 2.24) is 25.0 Å². The van der Waals surface area contributed by atoms with Gasteiger partial charge >= 0.3 is 0 Å². The van der Waals surface area contributed by atoms with Crippen LogP contribution in [0.15, 0.2) is 6.33 Å². The summed E-state index contributed by atoms with van der Waals surface area (Å²) in [6, 6.07) is -0.464. The molecule has 2 amide bonds. The molecule has 1 aliphatic rings. The van der Waals surface area contributed by atoms with Crippen LogP contribution in [-0.4, -0.2) is 44.1 Å². The Morgan fingerprint density at radius 1 is 1.50 bits per heavy atom. The van der Waals surface area contributed by atoms with Crippen LogP contribution in [0.5, 0.6) is 0 Å². The monoisotopic (exact) mass is 251 g/mol. The Morgan fingerprint density at radius 3 is 3.00 bits per heavy atom. The van der Waals surface area contributed by atoms with E-state index in [0.717, 1.165) is 13.0 Å². The van der Waals surface area contributed by atoms with E-state index in [1.807, 2.05) is 6.92 Å². The van der Waals surface area contributed by atoms with Gasteiger partial charge in [0.1, 0.15) is 24.7 Å². The first-order valence-electron chi connectivity index (χ1n) is 6.06. The summed E-state index contributed by atoms with van der Waals surface area (Å²) in [5.41, 5.74) is 0. The molecule has 0 bridgehead atoms. The Hall–Kier alpha value is -1.92. The zero-order valence-electron chi connectivity index (χ0n) is 10.6. The van der Waals surface area contributed by atoms with Gasteiger partial charge in [0, 0.05) is 6.54 Å². The van der Waals surface area contributed by atoms with Gasteiger partial charge in [-0.2, -0.15) is 5.10 Å². The maximum Gasteiger partial charge on any atom is 0.245 e. The van der Waals surface area contributed by atoms with Crippen LogP contribution in [0.3, 0.4) is 0 Å². The molecule has 7 nitrogen and oxygen atoms in total. The van der Waals surface area contributed by atoms with Crippen LogP contribution >= 0.6 is 0 Å². The van der Waals surface area contributed by atoms with Crippen LogP contribution in [0.2, 0.25) is 0 Å². The second-order valence-corrected chi connectivity index (χ2v) is 4.38. The summed E-state index contributed by atoms with van der Waals surface area (Å²) >= 11 is 0. The van der Waals surface area contributed by atoms with Gasteiger partial charge in [-0.3, -0.25) is 9.59 Å². The number of nitrogens with one attached hydrogen (secondary N) is 1. The van der Waals surface area contributed by atoms with Gasteiger partial charge in [-0.05, 0) is 13.3 Å². The maximum atomic E-state index is 11.9. The zero-order valence-corrected chi connectivity index (χ0v) is 10.6. The van der Waals surface area contributed by atoms with Crippen molar-refractivity contribution < 1.29 is 9.59 Å². The van der Waals surface area contributed by atoms with Crippen molar-refractivity contribution in [2.75, 3.05) is 6.54 Å². The minimum Gasteiger partial charge on any atom is -0.343 e. The molecular weight excluding hydrogens is 234 g/mol. The highest BCUT2D eigenvalue weighted by Gasteiger charge is 2.30. The summed E-state index contributed by atoms with van der Waals surface area (Å²) in [6.45, 7) is 4.91. The summed E-state index contributed by atoms with van der Waals surface area (Å²) in [6.07, 6.45) is 2.42. The highest BCUT2D eigenvalue weighted by molar-refractivity contribution is 5.94. The molecule has 18 heavy (non-hydrogen) atoms. The normalized spacial score (nSPS) is 20.1. The Bertz CT molecular complexity index is 456. The number of hydrogen-bond donors (Lipinski definition) is 1. The lowest BCUT2D eigenvalue weighted by atomic mass is 10.2. The van der Waals surface area contributed by atoms with Crippen LogP contribution in [0.25, 0.3) is 0 Å². The lowest BCUT2D eigenvalue weighted by molar-refractivity contribution is -0.144. The molecule has 98 valence electrons. The fraction of sp³-hybridized carbons (Fsp3) is 0.636. The van der Waals surface area contributed by atoms with E-state index in [2.05, 4.69) is 15.4 Å². The standard InChI is InChI=1S/C11H17N5O2/c1-3-4-16-9(12-7-13-16)5-15-6-10(17)14-8(2)11(15)18/h7-8H,3-6H2,1-2H3,(H,14,17). The van der Waals surface area contributed by atoms with Gasteiger partial charge < -0.3 is 10.2 Å². The van der Waals surface area contributed by atoms with Crippen LogP contribution in [0.4, 0.5) is 0 Å². The highest BCUT2D eigenvalue weighted by Crippen LogP contribution is 2.07. The Labute approximate surface area is 105 Å². The van der Waals surface area contributed by atoms with Gasteiger partial charge in [0.2, 0.25) is 11.8 Å². The molecule has 1 aromatic heterocycles. The van der Waals surface area contributed by atoms with Crippen LogP contribution < -0.4 is 5.32 Å². The third-order valence-electron chi connectivity index (χ3n) is 2.86. The Kier molecular flexibility index (Phi) is 3.59. The molecule has 0 saturated carbocycles. The number of nitrogens with zero attached hydrogens (tertiary/aromatic N) is 4. The molecular formula is C11H17N5O2. The fourth-order valence-corrected chi connectivity index (χ4v) is 1.99. The van der Waals surface area contributed by atoms with Gasteiger partial charge in [0.05, 0.1) is 6.54 Å². The van der Waals surface area contributed by atoms with Gasteiger partial charge in [-0.1, -0.05) is 6.92 Å². The number of hydrogen-bond acceptors (Lipinski definition) is 4. The molecule has 1 aromatic rings. The smallest absolute Gasteiger partial charge is 0.245 e. The largest absolute Gasteiger partial charge is 0.343 e. The molecule has 1 atom stereocenters. The Balaban J connectivity index is 2.10. The minimum absolute atomic E-state index is 0.0827. The number of aryl methyl sites for hydroxylation is 1. The number of aromatic nitrogens is 3. The quantitative estimate of drug-likeness (QED) is 0.785. The van der Waals surface area contributed by atoms with E-state index in [0.29, 0.717) is 12.4 Å². The third kappa shape index (κ3) is 2.49. The third-order valence-corrected chi connectivity index (χ3v) is 2.86. The predicted molar refractivity (Wildman–Crippen MR) is 63.3 cm³/mol. The van der Waals surface area contributed by atoms with Crippen LogP contribution in [0, 0.1) is 0 Å². The molecule has 2 heterocycles. The summed E-state index contributed by atoms with van der Waals surface area (Å²) in [5, 5.41) is 6.71. The molecule has 1 unspecified atom stereocenters. The van der Waals surface area contributed by atoms with Crippen molar-refractivity contribution >= 4 is 11.8 Å². The van der Waals surface area contributed by atoms with E-state index in [9.17, 15) is 9.59 Å². The number of carbonyl (C=O) groups excluding carboxylic acids is 2. The summed E-state index contributed by atoms with van der Waals surface area (Å²) in [7, 11) is 0. The molecule has 0 aliphatic carbocycles. The van der Waals surface area contributed by atoms with Gasteiger partial charge in [0.15, 0.2) is 0 Å². The topological polar surface area (TPSA) is 80.1 Å². The first kappa shape index (κ1) is 12.5.